The average Bonchev–Trinajstić information content (AvgIpc) is 2.98. The molecule has 0 spiro atoms. The van der Waals surface area contributed by atoms with Crippen molar-refractivity contribution in [1.29, 1.82) is 0 Å². The van der Waals surface area contributed by atoms with Crippen molar-refractivity contribution >= 4 is 11.8 Å². The predicted molar refractivity (Wildman–Crippen MR) is 73.6 cm³/mol. The number of ether oxygens (including phenoxy) is 1. The molecular formula is C13H15N3O2S. The number of nitrogens with zero attached hydrogens (tertiary/aromatic N) is 2. The molecule has 2 heterocycles. The number of nitrogens with two attached hydrogens (primary N) is 1. The van der Waals surface area contributed by atoms with E-state index >= 15 is 0 Å². The first kappa shape index (κ1) is 12.7. The Morgan fingerprint density at radius 1 is 1.42 bits per heavy atom. The van der Waals surface area contributed by atoms with E-state index in [1.165, 1.54) is 0 Å². The summed E-state index contributed by atoms with van der Waals surface area (Å²) in [5.74, 6) is 3.05. The lowest BCUT2D eigenvalue weighted by Gasteiger charge is -2.18. The Kier molecular flexibility index (Phi) is 3.82. The highest BCUT2D eigenvalue weighted by Gasteiger charge is 2.22. The number of rotatable bonds is 3. The third kappa shape index (κ3) is 2.80. The highest BCUT2D eigenvalue weighted by atomic mass is 32.2. The van der Waals surface area contributed by atoms with Crippen LogP contribution in [0.25, 0.3) is 11.5 Å². The third-order valence-corrected chi connectivity index (χ3v) is 3.95. The maximum atomic E-state index is 5.63. The van der Waals surface area contributed by atoms with Gasteiger partial charge in [0, 0.05) is 23.6 Å². The van der Waals surface area contributed by atoms with E-state index in [1.807, 2.05) is 36.0 Å². The van der Waals surface area contributed by atoms with E-state index in [0.717, 1.165) is 29.2 Å². The zero-order chi connectivity index (χ0) is 13.1. The van der Waals surface area contributed by atoms with Gasteiger partial charge in [0.2, 0.25) is 5.82 Å². The molecule has 0 aliphatic carbocycles. The number of aromatic nitrogens is 2. The summed E-state index contributed by atoms with van der Waals surface area (Å²) in [5.41, 5.74) is 7.57. The fraction of sp³-hybridized carbons (Fsp3) is 0.385. The van der Waals surface area contributed by atoms with E-state index in [2.05, 4.69) is 10.1 Å². The van der Waals surface area contributed by atoms with Crippen LogP contribution in [0.3, 0.4) is 0 Å². The second-order valence-electron chi connectivity index (χ2n) is 4.30. The second-order valence-corrected chi connectivity index (χ2v) is 5.45. The van der Waals surface area contributed by atoms with Gasteiger partial charge in [0.1, 0.15) is 6.10 Å². The molecule has 1 saturated heterocycles. The lowest BCUT2D eigenvalue weighted by molar-refractivity contribution is 0.0677. The van der Waals surface area contributed by atoms with Gasteiger partial charge in [-0.1, -0.05) is 17.3 Å². The van der Waals surface area contributed by atoms with E-state index in [9.17, 15) is 0 Å². The maximum absolute atomic E-state index is 5.63. The Morgan fingerprint density at radius 3 is 3.16 bits per heavy atom. The fourth-order valence-corrected chi connectivity index (χ4v) is 2.79. The van der Waals surface area contributed by atoms with Crippen LogP contribution in [0, 0.1) is 0 Å². The van der Waals surface area contributed by atoms with Crippen molar-refractivity contribution in [3.05, 3.63) is 35.7 Å². The van der Waals surface area contributed by atoms with Crippen LogP contribution in [-0.4, -0.2) is 28.3 Å². The first-order chi connectivity index (χ1) is 9.36. The summed E-state index contributed by atoms with van der Waals surface area (Å²) in [6.07, 6.45) is -0.0612. The SMILES string of the molecule is NCc1cccc(-c2nc(C3CSCCO3)no2)c1. The van der Waals surface area contributed by atoms with E-state index < -0.39 is 0 Å². The van der Waals surface area contributed by atoms with Crippen LogP contribution in [0.15, 0.2) is 28.8 Å². The molecule has 1 aromatic carbocycles. The van der Waals surface area contributed by atoms with Crippen molar-refractivity contribution in [2.24, 2.45) is 5.73 Å². The third-order valence-electron chi connectivity index (χ3n) is 2.96. The molecule has 19 heavy (non-hydrogen) atoms. The molecule has 0 radical (unpaired) electrons. The maximum Gasteiger partial charge on any atom is 0.258 e. The molecule has 1 fully saturated rings. The molecule has 100 valence electrons. The number of hydrogen-bond donors (Lipinski definition) is 1. The largest absolute Gasteiger partial charge is 0.368 e. The Morgan fingerprint density at radius 2 is 2.37 bits per heavy atom. The van der Waals surface area contributed by atoms with Gasteiger partial charge < -0.3 is 15.0 Å². The Balaban J connectivity index is 1.83. The van der Waals surface area contributed by atoms with Gasteiger partial charge in [-0.05, 0) is 17.7 Å². The van der Waals surface area contributed by atoms with E-state index in [-0.39, 0.29) is 6.10 Å². The van der Waals surface area contributed by atoms with E-state index in [1.54, 1.807) is 0 Å². The fourth-order valence-electron chi connectivity index (χ4n) is 1.95. The van der Waals surface area contributed by atoms with Crippen molar-refractivity contribution in [1.82, 2.24) is 10.1 Å². The number of benzene rings is 1. The van der Waals surface area contributed by atoms with Crippen molar-refractivity contribution in [3.63, 3.8) is 0 Å². The molecular weight excluding hydrogens is 262 g/mol. The topological polar surface area (TPSA) is 74.2 Å². The number of hydrogen-bond acceptors (Lipinski definition) is 6. The van der Waals surface area contributed by atoms with Gasteiger partial charge in [0.15, 0.2) is 0 Å². The lowest BCUT2D eigenvalue weighted by Crippen LogP contribution is -2.16. The minimum absolute atomic E-state index is 0.0612. The van der Waals surface area contributed by atoms with Crippen molar-refractivity contribution in [2.45, 2.75) is 12.6 Å². The molecule has 1 aromatic heterocycles. The molecule has 0 bridgehead atoms. The highest BCUT2D eigenvalue weighted by Crippen LogP contribution is 2.26. The predicted octanol–water partition coefficient (Wildman–Crippen LogP) is 2.00. The van der Waals surface area contributed by atoms with Gasteiger partial charge in [-0.2, -0.15) is 16.7 Å². The molecule has 6 heteroatoms. The van der Waals surface area contributed by atoms with Crippen LogP contribution < -0.4 is 5.73 Å². The van der Waals surface area contributed by atoms with Crippen LogP contribution in [0.1, 0.15) is 17.5 Å². The lowest BCUT2D eigenvalue weighted by atomic mass is 10.1. The van der Waals surface area contributed by atoms with Gasteiger partial charge in [-0.15, -0.1) is 0 Å². The minimum Gasteiger partial charge on any atom is -0.368 e. The van der Waals surface area contributed by atoms with Crippen LogP contribution in [-0.2, 0) is 11.3 Å². The van der Waals surface area contributed by atoms with Gasteiger partial charge in [0.05, 0.1) is 6.61 Å². The summed E-state index contributed by atoms with van der Waals surface area (Å²) in [5, 5.41) is 4.02. The molecule has 3 rings (SSSR count). The monoisotopic (exact) mass is 277 g/mol. The van der Waals surface area contributed by atoms with Gasteiger partial charge in [-0.3, -0.25) is 0 Å². The molecule has 1 atom stereocenters. The quantitative estimate of drug-likeness (QED) is 0.925. The summed E-state index contributed by atoms with van der Waals surface area (Å²) in [7, 11) is 0. The summed E-state index contributed by atoms with van der Waals surface area (Å²) >= 11 is 1.85. The van der Waals surface area contributed by atoms with Crippen LogP contribution in [0.5, 0.6) is 0 Å². The van der Waals surface area contributed by atoms with Crippen LogP contribution >= 0.6 is 11.8 Å². The Bertz CT molecular complexity index is 552. The highest BCUT2D eigenvalue weighted by molar-refractivity contribution is 7.99. The van der Waals surface area contributed by atoms with E-state index in [0.29, 0.717) is 18.3 Å². The summed E-state index contributed by atoms with van der Waals surface area (Å²) in [6.45, 7) is 1.24. The molecule has 1 aliphatic heterocycles. The molecule has 2 N–H and O–H groups in total. The van der Waals surface area contributed by atoms with Crippen LogP contribution in [0.2, 0.25) is 0 Å². The summed E-state index contributed by atoms with van der Waals surface area (Å²) in [4.78, 5) is 4.42. The van der Waals surface area contributed by atoms with Gasteiger partial charge >= 0.3 is 0 Å². The normalized spacial score (nSPS) is 19.5. The van der Waals surface area contributed by atoms with Crippen molar-refractivity contribution < 1.29 is 9.26 Å². The minimum atomic E-state index is -0.0612. The molecule has 1 aliphatic rings. The zero-order valence-corrected chi connectivity index (χ0v) is 11.2. The first-order valence-corrected chi connectivity index (χ1v) is 7.34. The smallest absolute Gasteiger partial charge is 0.258 e. The molecule has 5 nitrogen and oxygen atoms in total. The number of thioether (sulfide) groups is 1. The van der Waals surface area contributed by atoms with Crippen LogP contribution in [0.4, 0.5) is 0 Å². The zero-order valence-electron chi connectivity index (χ0n) is 10.4. The summed E-state index contributed by atoms with van der Waals surface area (Å²) in [6, 6.07) is 7.82. The molecule has 0 saturated carbocycles. The van der Waals surface area contributed by atoms with Gasteiger partial charge in [-0.25, -0.2) is 0 Å². The standard InChI is InChI=1S/C13H15N3O2S/c14-7-9-2-1-3-10(6-9)13-15-12(16-18-13)11-8-19-5-4-17-11/h1-3,6,11H,4-5,7-8,14H2. The Hall–Kier alpha value is -1.37. The molecule has 0 amide bonds. The van der Waals surface area contributed by atoms with Crippen molar-refractivity contribution in [3.8, 4) is 11.5 Å². The molecule has 1 unspecified atom stereocenters. The van der Waals surface area contributed by atoms with E-state index in [4.69, 9.17) is 15.0 Å². The second kappa shape index (κ2) is 5.73. The Labute approximate surface area is 115 Å². The molecule has 2 aromatic rings. The van der Waals surface area contributed by atoms with Crippen molar-refractivity contribution in [2.75, 3.05) is 18.1 Å². The summed E-state index contributed by atoms with van der Waals surface area (Å²) < 4.78 is 10.9. The first-order valence-electron chi connectivity index (χ1n) is 6.19. The average molecular weight is 277 g/mol. The van der Waals surface area contributed by atoms with Gasteiger partial charge in [0.25, 0.3) is 5.89 Å².